The van der Waals surface area contributed by atoms with E-state index in [0.29, 0.717) is 33.5 Å². The topological polar surface area (TPSA) is 75.7 Å². The largest absolute Gasteiger partial charge is 0.497 e. The van der Waals surface area contributed by atoms with Gasteiger partial charge in [0, 0.05) is 26.9 Å². The predicted molar refractivity (Wildman–Crippen MR) is 123 cm³/mol. The molecule has 5 rings (SSSR count). The Morgan fingerprint density at radius 1 is 1.00 bits per heavy atom. The SMILES string of the molecule is COc1ccc(N(Cc2cccs2)S(=O)(=O)c2ccc3c4c(cccc24)C(=O)N3)cc1. The zero-order chi connectivity index (χ0) is 21.6. The summed E-state index contributed by atoms with van der Waals surface area (Å²) in [7, 11) is -2.37. The van der Waals surface area contributed by atoms with Crippen LogP contribution in [0.2, 0.25) is 0 Å². The number of benzene rings is 3. The van der Waals surface area contributed by atoms with E-state index in [2.05, 4.69) is 5.32 Å². The standard InChI is InChI=1S/C23H18N2O4S2/c1-29-16-9-7-15(8-10-16)25(14-17-4-3-13-30-17)31(27,28)21-12-11-20-22-18(21)5-2-6-19(22)23(26)24-20/h2-13H,14H2,1H3,(H,24,26). The van der Waals surface area contributed by atoms with Gasteiger partial charge >= 0.3 is 0 Å². The van der Waals surface area contributed by atoms with Crippen LogP contribution in [-0.2, 0) is 16.6 Å². The third kappa shape index (κ3) is 3.24. The van der Waals surface area contributed by atoms with Crippen molar-refractivity contribution >= 4 is 49.4 Å². The van der Waals surface area contributed by atoms with E-state index in [-0.39, 0.29) is 17.3 Å². The van der Waals surface area contributed by atoms with E-state index in [9.17, 15) is 13.2 Å². The highest BCUT2D eigenvalue weighted by Crippen LogP contribution is 2.38. The summed E-state index contributed by atoms with van der Waals surface area (Å²) in [4.78, 5) is 13.3. The van der Waals surface area contributed by atoms with Crippen LogP contribution >= 0.6 is 11.3 Å². The minimum absolute atomic E-state index is 0.164. The van der Waals surface area contributed by atoms with Crippen molar-refractivity contribution in [2.75, 3.05) is 16.7 Å². The maximum absolute atomic E-state index is 13.9. The summed E-state index contributed by atoms with van der Waals surface area (Å²) in [6.07, 6.45) is 0. The minimum Gasteiger partial charge on any atom is -0.497 e. The third-order valence-electron chi connectivity index (χ3n) is 5.30. The number of thiophene rings is 1. The van der Waals surface area contributed by atoms with E-state index in [4.69, 9.17) is 4.74 Å². The molecule has 0 spiro atoms. The second kappa shape index (κ2) is 7.40. The molecule has 31 heavy (non-hydrogen) atoms. The number of methoxy groups -OCH3 is 1. The summed E-state index contributed by atoms with van der Waals surface area (Å²) in [6, 6.07) is 19.1. The van der Waals surface area contributed by atoms with Crippen LogP contribution in [0.25, 0.3) is 10.8 Å². The van der Waals surface area contributed by atoms with Gasteiger partial charge < -0.3 is 10.1 Å². The Morgan fingerprint density at radius 3 is 2.52 bits per heavy atom. The van der Waals surface area contributed by atoms with Gasteiger partial charge in [-0.25, -0.2) is 8.42 Å². The quantitative estimate of drug-likeness (QED) is 0.455. The molecule has 0 fully saturated rings. The van der Waals surface area contributed by atoms with Crippen LogP contribution in [0.4, 0.5) is 11.4 Å². The van der Waals surface area contributed by atoms with E-state index in [1.807, 2.05) is 17.5 Å². The summed E-state index contributed by atoms with van der Waals surface area (Å²) in [5.74, 6) is 0.424. The summed E-state index contributed by atoms with van der Waals surface area (Å²) < 4.78 is 34.5. The molecule has 0 radical (unpaired) electrons. The summed E-state index contributed by atoms with van der Waals surface area (Å²) in [5.41, 5.74) is 1.65. The van der Waals surface area contributed by atoms with Crippen molar-refractivity contribution in [3.63, 3.8) is 0 Å². The lowest BCUT2D eigenvalue weighted by Crippen LogP contribution is -2.30. The number of hydrogen-bond donors (Lipinski definition) is 1. The van der Waals surface area contributed by atoms with Crippen LogP contribution < -0.4 is 14.4 Å². The van der Waals surface area contributed by atoms with Crippen LogP contribution in [-0.4, -0.2) is 21.4 Å². The van der Waals surface area contributed by atoms with E-state index in [1.54, 1.807) is 61.7 Å². The first kappa shape index (κ1) is 19.6. The molecule has 0 saturated heterocycles. The van der Waals surface area contributed by atoms with E-state index >= 15 is 0 Å². The number of anilines is 2. The molecule has 0 saturated carbocycles. The molecule has 0 atom stereocenters. The molecule has 0 aliphatic carbocycles. The molecular formula is C23H18N2O4S2. The number of rotatable bonds is 6. The minimum atomic E-state index is -3.94. The molecule has 6 nitrogen and oxygen atoms in total. The molecule has 1 N–H and O–H groups in total. The lowest BCUT2D eigenvalue weighted by Gasteiger charge is -2.25. The van der Waals surface area contributed by atoms with Crippen molar-refractivity contribution in [1.29, 1.82) is 0 Å². The molecule has 1 amide bonds. The fourth-order valence-electron chi connectivity index (χ4n) is 3.81. The van der Waals surface area contributed by atoms with Gasteiger partial charge in [0.25, 0.3) is 15.9 Å². The maximum atomic E-state index is 13.9. The zero-order valence-electron chi connectivity index (χ0n) is 16.5. The average Bonchev–Trinajstić information content (AvgIpc) is 3.41. The van der Waals surface area contributed by atoms with Gasteiger partial charge in [0.15, 0.2) is 0 Å². The normalized spacial score (nSPS) is 12.7. The van der Waals surface area contributed by atoms with E-state index in [0.717, 1.165) is 4.88 Å². The molecule has 156 valence electrons. The molecular weight excluding hydrogens is 432 g/mol. The van der Waals surface area contributed by atoms with Crippen molar-refractivity contribution in [3.8, 4) is 5.75 Å². The molecule has 3 aromatic carbocycles. The fraction of sp³-hybridized carbons (Fsp3) is 0.0870. The number of amides is 1. The molecule has 2 heterocycles. The van der Waals surface area contributed by atoms with Gasteiger partial charge in [-0.15, -0.1) is 11.3 Å². The first-order valence-electron chi connectivity index (χ1n) is 9.55. The molecule has 8 heteroatoms. The first-order chi connectivity index (χ1) is 15.0. The Morgan fingerprint density at radius 2 is 1.81 bits per heavy atom. The molecule has 0 unspecified atom stereocenters. The lowest BCUT2D eigenvalue weighted by molar-refractivity contribution is 0.103. The molecule has 4 aromatic rings. The Balaban J connectivity index is 1.69. The fourth-order valence-corrected chi connectivity index (χ4v) is 6.22. The Hall–Kier alpha value is -3.36. The Bertz CT molecular complexity index is 1400. The van der Waals surface area contributed by atoms with Gasteiger partial charge in [-0.05, 0) is 53.9 Å². The van der Waals surface area contributed by atoms with Crippen molar-refractivity contribution in [2.45, 2.75) is 11.4 Å². The van der Waals surface area contributed by atoms with Crippen molar-refractivity contribution in [3.05, 3.63) is 82.6 Å². The number of ether oxygens (including phenoxy) is 1. The summed E-state index contributed by atoms with van der Waals surface area (Å²) in [5, 5.41) is 5.89. The van der Waals surface area contributed by atoms with Crippen molar-refractivity contribution in [2.24, 2.45) is 0 Å². The molecule has 1 aromatic heterocycles. The number of carbonyl (C=O) groups is 1. The highest BCUT2D eigenvalue weighted by molar-refractivity contribution is 7.93. The highest BCUT2D eigenvalue weighted by Gasteiger charge is 2.31. The number of sulfonamides is 1. The van der Waals surface area contributed by atoms with Gasteiger partial charge in [0.2, 0.25) is 0 Å². The molecule has 1 aliphatic rings. The van der Waals surface area contributed by atoms with Crippen LogP contribution in [0, 0.1) is 0 Å². The Labute approximate surface area is 183 Å². The zero-order valence-corrected chi connectivity index (χ0v) is 18.2. The smallest absolute Gasteiger partial charge is 0.265 e. The van der Waals surface area contributed by atoms with Crippen molar-refractivity contribution < 1.29 is 17.9 Å². The van der Waals surface area contributed by atoms with Gasteiger partial charge in [-0.1, -0.05) is 18.2 Å². The summed E-state index contributed by atoms with van der Waals surface area (Å²) >= 11 is 1.50. The molecule has 1 aliphatic heterocycles. The van der Waals surface area contributed by atoms with Crippen LogP contribution in [0.5, 0.6) is 5.75 Å². The maximum Gasteiger partial charge on any atom is 0.265 e. The monoisotopic (exact) mass is 450 g/mol. The van der Waals surface area contributed by atoms with Gasteiger partial charge in [0.05, 0.1) is 24.2 Å². The lowest BCUT2D eigenvalue weighted by atomic mass is 10.1. The third-order valence-corrected chi connectivity index (χ3v) is 7.99. The number of nitrogens with one attached hydrogen (secondary N) is 1. The van der Waals surface area contributed by atoms with Crippen LogP contribution in [0.3, 0.4) is 0 Å². The second-order valence-electron chi connectivity index (χ2n) is 7.08. The van der Waals surface area contributed by atoms with E-state index in [1.165, 1.54) is 15.6 Å². The van der Waals surface area contributed by atoms with Crippen molar-refractivity contribution in [1.82, 2.24) is 0 Å². The first-order valence-corrected chi connectivity index (χ1v) is 11.9. The number of hydrogen-bond acceptors (Lipinski definition) is 5. The number of carbonyl (C=O) groups excluding carboxylic acids is 1. The van der Waals surface area contributed by atoms with Gasteiger partial charge in [-0.3, -0.25) is 9.10 Å². The Kier molecular flexibility index (Phi) is 4.68. The average molecular weight is 451 g/mol. The molecule has 0 bridgehead atoms. The highest BCUT2D eigenvalue weighted by atomic mass is 32.2. The van der Waals surface area contributed by atoms with Gasteiger partial charge in [-0.2, -0.15) is 0 Å². The predicted octanol–water partition coefficient (Wildman–Crippen LogP) is 4.87. The second-order valence-corrected chi connectivity index (χ2v) is 9.95. The number of nitrogens with zero attached hydrogens (tertiary/aromatic N) is 1. The summed E-state index contributed by atoms with van der Waals surface area (Å²) in [6.45, 7) is 0.201. The van der Waals surface area contributed by atoms with E-state index < -0.39 is 10.0 Å². The van der Waals surface area contributed by atoms with Gasteiger partial charge in [0.1, 0.15) is 5.75 Å². The van der Waals surface area contributed by atoms with Crippen LogP contribution in [0.1, 0.15) is 15.2 Å². The van der Waals surface area contributed by atoms with Crippen LogP contribution in [0.15, 0.2) is 77.0 Å².